The van der Waals surface area contributed by atoms with Gasteiger partial charge in [0.05, 0.1) is 28.7 Å². The van der Waals surface area contributed by atoms with E-state index in [4.69, 9.17) is 5.41 Å². The highest BCUT2D eigenvalue weighted by Crippen LogP contribution is 2.30. The molecule has 9 heteroatoms. The van der Waals surface area contributed by atoms with Gasteiger partial charge in [-0.15, -0.1) is 11.3 Å². The maximum atomic E-state index is 11.2. The number of benzene rings is 2. The molecule has 2 aromatic carbocycles. The van der Waals surface area contributed by atoms with Gasteiger partial charge in [-0.1, -0.05) is 36.4 Å². The van der Waals surface area contributed by atoms with Gasteiger partial charge in [0.2, 0.25) is 0 Å². The molecule has 3 aromatic heterocycles. The summed E-state index contributed by atoms with van der Waals surface area (Å²) in [6.07, 6.45) is 4.50. The molecule has 0 amide bonds. The van der Waals surface area contributed by atoms with Crippen molar-refractivity contribution >= 4 is 45.1 Å². The second-order valence-electron chi connectivity index (χ2n) is 7.81. The largest absolute Gasteiger partial charge is 0.392 e. The van der Waals surface area contributed by atoms with E-state index in [9.17, 15) is 9.90 Å². The Morgan fingerprint density at radius 2 is 2.03 bits per heavy atom. The molecule has 0 bridgehead atoms. The van der Waals surface area contributed by atoms with E-state index in [0.29, 0.717) is 17.7 Å². The van der Waals surface area contributed by atoms with Gasteiger partial charge in [0.25, 0.3) is 0 Å². The van der Waals surface area contributed by atoms with Gasteiger partial charge < -0.3 is 20.4 Å². The predicted octanol–water partition coefficient (Wildman–Crippen LogP) is 3.81. The summed E-state index contributed by atoms with van der Waals surface area (Å²) in [6.45, 7) is 0.908. The van der Waals surface area contributed by atoms with Crippen LogP contribution in [0.5, 0.6) is 0 Å². The fraction of sp³-hybridized carbons (Fsp3) is 0.200. The molecule has 5 aromatic rings. The number of aromatic amines is 1. The van der Waals surface area contributed by atoms with Crippen LogP contribution >= 0.6 is 11.3 Å². The molecular weight excluding hydrogens is 448 g/mol. The van der Waals surface area contributed by atoms with E-state index in [-0.39, 0.29) is 6.61 Å². The summed E-state index contributed by atoms with van der Waals surface area (Å²) in [5.41, 5.74) is 6.18. The van der Waals surface area contributed by atoms with Gasteiger partial charge in [-0.05, 0) is 29.8 Å². The molecule has 34 heavy (non-hydrogen) atoms. The first-order valence-electron chi connectivity index (χ1n) is 10.8. The number of hydrogen-bond donors (Lipinski definition) is 4. The van der Waals surface area contributed by atoms with Crippen molar-refractivity contribution in [3.05, 3.63) is 81.6 Å². The van der Waals surface area contributed by atoms with Crippen LogP contribution in [0.25, 0.3) is 21.3 Å². The number of carbonyl (C=O) groups excluding carboxylic acids is 1. The van der Waals surface area contributed by atoms with E-state index in [0.717, 1.165) is 44.8 Å². The minimum Gasteiger partial charge on any atom is -0.392 e. The number of aliphatic hydroxyl groups excluding tert-OH is 1. The molecular formula is C25H26N6O2S. The van der Waals surface area contributed by atoms with E-state index < -0.39 is 0 Å². The molecule has 0 spiro atoms. The van der Waals surface area contributed by atoms with E-state index in [1.807, 2.05) is 49.6 Å². The number of aldehydes is 1. The van der Waals surface area contributed by atoms with Crippen LogP contribution in [-0.2, 0) is 26.6 Å². The molecule has 0 atom stereocenters. The van der Waals surface area contributed by atoms with Gasteiger partial charge in [-0.25, -0.2) is 4.98 Å². The fourth-order valence-electron chi connectivity index (χ4n) is 3.91. The number of nitrogens with one attached hydrogen (secondary N) is 3. The lowest BCUT2D eigenvalue weighted by atomic mass is 10.1. The minimum atomic E-state index is 0.0222. The fourth-order valence-corrected chi connectivity index (χ4v) is 5.07. The van der Waals surface area contributed by atoms with Crippen molar-refractivity contribution in [2.45, 2.75) is 19.6 Å². The topological polar surface area (TPSA) is 120 Å². The third-order valence-electron chi connectivity index (χ3n) is 5.58. The number of H-pyrrole nitrogens is 1. The van der Waals surface area contributed by atoms with Gasteiger partial charge >= 0.3 is 0 Å². The monoisotopic (exact) mass is 474 g/mol. The Labute approximate surface area is 200 Å². The van der Waals surface area contributed by atoms with Crippen molar-refractivity contribution < 1.29 is 9.90 Å². The van der Waals surface area contributed by atoms with Gasteiger partial charge in [-0.2, -0.15) is 5.10 Å². The summed E-state index contributed by atoms with van der Waals surface area (Å²) in [7, 11) is 3.73. The van der Waals surface area contributed by atoms with Crippen molar-refractivity contribution in [1.82, 2.24) is 25.1 Å². The van der Waals surface area contributed by atoms with Crippen LogP contribution in [0.4, 0.5) is 0 Å². The van der Waals surface area contributed by atoms with Crippen LogP contribution in [-0.4, -0.2) is 44.4 Å². The first kappa shape index (κ1) is 23.5. The highest BCUT2D eigenvalue weighted by Gasteiger charge is 2.17. The molecule has 0 fully saturated rings. The Bertz CT molecular complexity index is 1450. The third-order valence-corrected chi connectivity index (χ3v) is 6.66. The number of aromatic nitrogens is 4. The van der Waals surface area contributed by atoms with Crippen LogP contribution in [0.2, 0.25) is 0 Å². The third kappa shape index (κ3) is 4.67. The van der Waals surface area contributed by atoms with Crippen molar-refractivity contribution in [2.24, 2.45) is 7.05 Å². The van der Waals surface area contributed by atoms with E-state index >= 15 is 0 Å². The molecule has 0 saturated carbocycles. The number of hydrogen-bond acceptors (Lipinski definition) is 7. The van der Waals surface area contributed by atoms with Gasteiger partial charge in [0.15, 0.2) is 11.9 Å². The number of aliphatic hydroxyl groups is 1. The lowest BCUT2D eigenvalue weighted by Gasteiger charge is -2.01. The van der Waals surface area contributed by atoms with Crippen LogP contribution in [0.3, 0.4) is 0 Å². The quantitative estimate of drug-likeness (QED) is 0.211. The Kier molecular flexibility index (Phi) is 7.27. The van der Waals surface area contributed by atoms with Gasteiger partial charge in [0, 0.05) is 37.2 Å². The predicted molar refractivity (Wildman–Crippen MR) is 136 cm³/mol. The lowest BCUT2D eigenvalue weighted by Crippen LogP contribution is -2.04. The van der Waals surface area contributed by atoms with Crippen LogP contribution in [0.1, 0.15) is 37.7 Å². The Morgan fingerprint density at radius 1 is 1.24 bits per heavy atom. The second kappa shape index (κ2) is 10.5. The molecule has 0 aliphatic rings. The summed E-state index contributed by atoms with van der Waals surface area (Å²) < 4.78 is 2.60. The number of fused-ring (bicyclic) bond motifs is 2. The molecule has 0 aliphatic carbocycles. The average Bonchev–Trinajstić information content (AvgIpc) is 3.55. The van der Waals surface area contributed by atoms with E-state index in [1.54, 1.807) is 11.6 Å². The van der Waals surface area contributed by atoms with Gasteiger partial charge in [-0.3, -0.25) is 9.89 Å². The Balaban J connectivity index is 0.000000192. The molecule has 4 N–H and O–H groups in total. The Morgan fingerprint density at radius 3 is 2.76 bits per heavy atom. The van der Waals surface area contributed by atoms with Gasteiger partial charge in [0.1, 0.15) is 5.01 Å². The average molecular weight is 475 g/mol. The van der Waals surface area contributed by atoms with E-state index in [2.05, 4.69) is 26.6 Å². The number of nitrogens with zero attached hydrogens (tertiary/aromatic N) is 3. The van der Waals surface area contributed by atoms with Crippen LogP contribution in [0.15, 0.2) is 48.7 Å². The maximum Gasteiger partial charge on any atom is 0.167 e. The molecule has 0 unspecified atom stereocenters. The highest BCUT2D eigenvalue weighted by molar-refractivity contribution is 7.19. The molecule has 174 valence electrons. The zero-order valence-electron chi connectivity index (χ0n) is 19.0. The normalized spacial score (nSPS) is 10.9. The molecule has 0 saturated heterocycles. The zero-order chi connectivity index (χ0) is 24.1. The van der Waals surface area contributed by atoms with E-state index in [1.165, 1.54) is 28.5 Å². The second-order valence-corrected chi connectivity index (χ2v) is 8.90. The minimum absolute atomic E-state index is 0.0222. The molecule has 5 rings (SSSR count). The molecule has 3 heterocycles. The van der Waals surface area contributed by atoms with Crippen molar-refractivity contribution in [3.8, 4) is 0 Å². The summed E-state index contributed by atoms with van der Waals surface area (Å²) in [6, 6.07) is 13.9. The highest BCUT2D eigenvalue weighted by atomic mass is 32.1. The zero-order valence-corrected chi connectivity index (χ0v) is 19.8. The number of aryl methyl sites for hydroxylation is 1. The first-order chi connectivity index (χ1) is 16.6. The van der Waals surface area contributed by atoms with Crippen LogP contribution < -0.4 is 5.32 Å². The van der Waals surface area contributed by atoms with Crippen molar-refractivity contribution in [1.29, 1.82) is 5.41 Å². The summed E-state index contributed by atoms with van der Waals surface area (Å²) >= 11 is 1.50. The number of carbonyl (C=O) groups is 1. The standard InChI is InChI=1S/C16H15N3O2S.C9H11N3/c1-19-13(9-21)12(7-17)15-16(19)18-14(22-15)6-10-3-2-4-11(5-10)8-20;1-10-5-7-3-2-4-9-8(7)6-11-12-9/h2-5,7,9,17,20H,6,8H2,1H3;2-4,6,10H,5H2,1H3,(H,11,12). The van der Waals surface area contributed by atoms with Crippen molar-refractivity contribution in [3.63, 3.8) is 0 Å². The summed E-state index contributed by atoms with van der Waals surface area (Å²) in [5.74, 6) is 0. The SMILES string of the molecule is CNCc1cccc2[nH]ncc12.Cn1c(C=O)c(C=N)c2sc(Cc3cccc(CO)c3)nc21. The summed E-state index contributed by atoms with van der Waals surface area (Å²) in [5, 5.41) is 28.9. The maximum absolute atomic E-state index is 11.2. The Hall–Kier alpha value is -3.66. The lowest BCUT2D eigenvalue weighted by molar-refractivity contribution is 0.111. The molecule has 0 aliphatic heterocycles. The van der Waals surface area contributed by atoms with Crippen molar-refractivity contribution in [2.75, 3.05) is 7.05 Å². The first-order valence-corrected chi connectivity index (χ1v) is 11.6. The number of thiazole rings is 1. The molecule has 0 radical (unpaired) electrons. The summed E-state index contributed by atoms with van der Waals surface area (Å²) in [4.78, 5) is 15.7. The number of rotatable bonds is 7. The van der Waals surface area contributed by atoms with Crippen LogP contribution in [0, 0.1) is 5.41 Å². The smallest absolute Gasteiger partial charge is 0.167 e. The molecule has 8 nitrogen and oxygen atoms in total.